The molecule has 9 heteroatoms. The summed E-state index contributed by atoms with van der Waals surface area (Å²) in [6.45, 7) is 4.65. The molecule has 0 rings (SSSR count). The van der Waals surface area contributed by atoms with Crippen LogP contribution in [-0.4, -0.2) is 68.5 Å². The molecule has 2 N–H and O–H groups in total. The summed E-state index contributed by atoms with van der Waals surface area (Å²) in [4.78, 5) is 25.5. The third-order valence-corrected chi connectivity index (χ3v) is 15.2. The number of aliphatic hydroxyl groups is 1. The molecule has 0 spiro atoms. The summed E-state index contributed by atoms with van der Waals surface area (Å²) in [5.74, 6) is -0.208. The first-order chi connectivity index (χ1) is 35.5. The van der Waals surface area contributed by atoms with Gasteiger partial charge < -0.3 is 28.8 Å². The quantitative estimate of drug-likeness (QED) is 0.0272. The van der Waals surface area contributed by atoms with Gasteiger partial charge in [-0.2, -0.15) is 0 Å². The second kappa shape index (κ2) is 55.2. The predicted octanol–water partition coefficient (Wildman–Crippen LogP) is 18.9. The number of nitrogens with one attached hydrogen (secondary N) is 1. The molecule has 0 aromatic heterocycles. The minimum atomic E-state index is -4.61. The lowest BCUT2D eigenvalue weighted by atomic mass is 10.0. The highest BCUT2D eigenvalue weighted by atomic mass is 31.2. The lowest BCUT2D eigenvalue weighted by molar-refractivity contribution is -0.870. The molecule has 430 valence electrons. The first-order valence-electron chi connectivity index (χ1n) is 31.5. The van der Waals surface area contributed by atoms with E-state index in [2.05, 4.69) is 55.6 Å². The standard InChI is InChI=1S/C64H123N2O6P/c1-6-8-10-12-14-16-18-20-22-24-26-28-29-30-31-32-33-34-35-36-37-38-40-42-44-46-48-50-52-54-56-58-64(68)65-62(61-72-73(69,70)71-60-59-66(3,4)5)63(67)57-55-53-51-49-47-45-43-41-39-27-25-23-21-19-17-15-13-11-9-7-2/h30-31,39,41,47,49,55,57,62-63,67H,6-29,32-38,40,42-46,48,50-54,56,58-61H2,1-5H3,(H-,65,68,69,70)/b31-30-,41-39+,49-47+,57-55+. The van der Waals surface area contributed by atoms with Gasteiger partial charge in [0.1, 0.15) is 13.2 Å². The zero-order chi connectivity index (χ0) is 53.5. The fourth-order valence-electron chi connectivity index (χ4n) is 9.30. The predicted molar refractivity (Wildman–Crippen MR) is 316 cm³/mol. The third kappa shape index (κ3) is 58.0. The van der Waals surface area contributed by atoms with E-state index in [-0.39, 0.29) is 12.5 Å². The van der Waals surface area contributed by atoms with E-state index in [0.29, 0.717) is 17.4 Å². The number of quaternary nitrogens is 1. The minimum Gasteiger partial charge on any atom is -0.756 e. The Labute approximate surface area is 454 Å². The van der Waals surface area contributed by atoms with Crippen molar-refractivity contribution < 1.29 is 32.9 Å². The molecule has 0 heterocycles. The molecule has 1 amide bonds. The van der Waals surface area contributed by atoms with Gasteiger partial charge in [-0.3, -0.25) is 9.36 Å². The molecule has 0 radical (unpaired) electrons. The van der Waals surface area contributed by atoms with Crippen molar-refractivity contribution in [3.8, 4) is 0 Å². The van der Waals surface area contributed by atoms with Gasteiger partial charge in [0, 0.05) is 6.42 Å². The number of hydrogen-bond donors (Lipinski definition) is 2. The van der Waals surface area contributed by atoms with Gasteiger partial charge in [-0.1, -0.05) is 274 Å². The first kappa shape index (κ1) is 71.5. The number of allylic oxidation sites excluding steroid dienone is 7. The lowest BCUT2D eigenvalue weighted by Crippen LogP contribution is -2.45. The van der Waals surface area contributed by atoms with Crippen molar-refractivity contribution in [3.63, 3.8) is 0 Å². The Morgan fingerprint density at radius 1 is 0.466 bits per heavy atom. The van der Waals surface area contributed by atoms with Crippen LogP contribution in [0.3, 0.4) is 0 Å². The average molecular weight is 1050 g/mol. The average Bonchev–Trinajstić information content (AvgIpc) is 3.35. The molecule has 8 nitrogen and oxygen atoms in total. The van der Waals surface area contributed by atoms with Gasteiger partial charge >= 0.3 is 0 Å². The fraction of sp³-hybridized carbons (Fsp3) is 0.859. The number of phosphoric acid groups is 1. The number of carbonyl (C=O) groups is 1. The summed E-state index contributed by atoms with van der Waals surface area (Å²) >= 11 is 0. The van der Waals surface area contributed by atoms with Crippen LogP contribution >= 0.6 is 7.82 Å². The van der Waals surface area contributed by atoms with Crippen LogP contribution in [0.15, 0.2) is 48.6 Å². The number of likely N-dealkylation sites (N-methyl/N-ethyl adjacent to an activating group) is 1. The molecular weight excluding hydrogens is 924 g/mol. The van der Waals surface area contributed by atoms with E-state index in [1.807, 2.05) is 27.2 Å². The van der Waals surface area contributed by atoms with Crippen molar-refractivity contribution in [2.24, 2.45) is 0 Å². The SMILES string of the molecule is CCCCCCCCCCCC/C=C/CC/C=C/CC/C=C/C(O)C(COP(=O)([O-])OCC[N+](C)(C)C)NC(=O)CCCCCCCCCCCCCCCCC/C=C\CCCCCCCCCCCCCC. The van der Waals surface area contributed by atoms with E-state index in [0.717, 1.165) is 44.9 Å². The highest BCUT2D eigenvalue weighted by Crippen LogP contribution is 2.38. The van der Waals surface area contributed by atoms with Gasteiger partial charge in [0.25, 0.3) is 7.82 Å². The Kier molecular flexibility index (Phi) is 54.1. The zero-order valence-corrected chi connectivity index (χ0v) is 50.0. The van der Waals surface area contributed by atoms with Crippen molar-refractivity contribution in [3.05, 3.63) is 48.6 Å². The molecule has 73 heavy (non-hydrogen) atoms. The maximum atomic E-state index is 13.0. The molecule has 0 bridgehead atoms. The van der Waals surface area contributed by atoms with Crippen LogP contribution in [-0.2, 0) is 18.4 Å². The Balaban J connectivity index is 4.13. The Morgan fingerprint density at radius 2 is 0.767 bits per heavy atom. The molecule has 0 aromatic rings. The topological polar surface area (TPSA) is 108 Å². The lowest BCUT2D eigenvalue weighted by Gasteiger charge is -2.29. The largest absolute Gasteiger partial charge is 0.756 e. The summed E-state index contributed by atoms with van der Waals surface area (Å²) in [5, 5.41) is 13.9. The summed E-state index contributed by atoms with van der Waals surface area (Å²) in [7, 11) is 1.24. The number of unbranched alkanes of at least 4 members (excludes halogenated alkanes) is 39. The van der Waals surface area contributed by atoms with Crippen molar-refractivity contribution in [2.45, 2.75) is 315 Å². The van der Waals surface area contributed by atoms with E-state index >= 15 is 0 Å². The van der Waals surface area contributed by atoms with Crippen LogP contribution in [0, 0.1) is 0 Å². The monoisotopic (exact) mass is 1050 g/mol. The maximum Gasteiger partial charge on any atom is 0.268 e. The number of aliphatic hydroxyl groups excluding tert-OH is 1. The van der Waals surface area contributed by atoms with E-state index in [4.69, 9.17) is 9.05 Å². The summed E-state index contributed by atoms with van der Waals surface area (Å²) in [6.07, 6.45) is 73.6. The van der Waals surface area contributed by atoms with Gasteiger partial charge in [-0.05, 0) is 70.6 Å². The molecule has 0 aliphatic heterocycles. The molecular formula is C64H123N2O6P. The number of nitrogens with zero attached hydrogens (tertiary/aromatic N) is 1. The van der Waals surface area contributed by atoms with Gasteiger partial charge in [-0.15, -0.1) is 0 Å². The van der Waals surface area contributed by atoms with E-state index < -0.39 is 26.6 Å². The van der Waals surface area contributed by atoms with Crippen molar-refractivity contribution in [2.75, 3.05) is 40.9 Å². The first-order valence-corrected chi connectivity index (χ1v) is 33.0. The van der Waals surface area contributed by atoms with Crippen molar-refractivity contribution in [1.82, 2.24) is 5.32 Å². The van der Waals surface area contributed by atoms with Gasteiger partial charge in [0.15, 0.2) is 0 Å². The summed E-state index contributed by atoms with van der Waals surface area (Å²) < 4.78 is 23.4. The molecule has 3 unspecified atom stereocenters. The third-order valence-electron chi connectivity index (χ3n) is 14.2. The summed E-state index contributed by atoms with van der Waals surface area (Å²) in [6, 6.07) is -0.910. The molecule has 0 saturated heterocycles. The van der Waals surface area contributed by atoms with Crippen LogP contribution in [0.4, 0.5) is 0 Å². The highest BCUT2D eigenvalue weighted by Gasteiger charge is 2.23. The molecule has 0 aromatic carbocycles. The number of amides is 1. The highest BCUT2D eigenvalue weighted by molar-refractivity contribution is 7.45. The smallest absolute Gasteiger partial charge is 0.268 e. The second-order valence-electron chi connectivity index (χ2n) is 22.7. The normalized spacial score (nSPS) is 14.1. The van der Waals surface area contributed by atoms with Gasteiger partial charge in [0.2, 0.25) is 5.91 Å². The van der Waals surface area contributed by atoms with E-state index in [1.165, 1.54) is 238 Å². The van der Waals surface area contributed by atoms with Crippen LogP contribution < -0.4 is 10.2 Å². The fourth-order valence-corrected chi connectivity index (χ4v) is 10.0. The molecule has 0 aliphatic rings. The van der Waals surface area contributed by atoms with Crippen molar-refractivity contribution >= 4 is 13.7 Å². The van der Waals surface area contributed by atoms with Gasteiger partial charge in [0.05, 0.1) is 39.9 Å². The molecule has 0 aliphatic carbocycles. The second-order valence-corrected chi connectivity index (χ2v) is 24.2. The Morgan fingerprint density at radius 3 is 1.11 bits per heavy atom. The van der Waals surface area contributed by atoms with Gasteiger partial charge in [-0.25, -0.2) is 0 Å². The minimum absolute atomic E-state index is 0.00870. The number of hydrogen-bond acceptors (Lipinski definition) is 6. The van der Waals surface area contributed by atoms with E-state index in [9.17, 15) is 19.4 Å². The maximum absolute atomic E-state index is 13.0. The number of rotatable bonds is 58. The van der Waals surface area contributed by atoms with E-state index in [1.54, 1.807) is 6.08 Å². The van der Waals surface area contributed by atoms with Crippen LogP contribution in [0.5, 0.6) is 0 Å². The Hall–Kier alpha value is -1.54. The van der Waals surface area contributed by atoms with Crippen LogP contribution in [0.25, 0.3) is 0 Å². The molecule has 0 fully saturated rings. The van der Waals surface area contributed by atoms with Crippen LogP contribution in [0.2, 0.25) is 0 Å². The van der Waals surface area contributed by atoms with Crippen molar-refractivity contribution in [1.29, 1.82) is 0 Å². The zero-order valence-electron chi connectivity index (χ0n) is 49.1. The summed E-state index contributed by atoms with van der Waals surface area (Å²) in [5.41, 5.74) is 0. The number of phosphoric ester groups is 1. The molecule has 0 saturated carbocycles. The van der Waals surface area contributed by atoms with Crippen LogP contribution in [0.1, 0.15) is 303 Å². The molecule has 3 atom stereocenters. The Bertz CT molecular complexity index is 1330. The number of carbonyl (C=O) groups excluding carboxylic acids is 1.